The third kappa shape index (κ3) is 4.71. The fourth-order valence-electron chi connectivity index (χ4n) is 3.21. The molecule has 0 aromatic rings. The van der Waals surface area contributed by atoms with Gasteiger partial charge in [-0.1, -0.05) is 78.9 Å². The van der Waals surface area contributed by atoms with Crippen molar-refractivity contribution in [2.75, 3.05) is 7.11 Å². The molecule has 2 nitrogen and oxygen atoms in total. The normalized spacial score (nSPS) is 25.4. The first kappa shape index (κ1) is 20.9. The number of nitrogens with zero attached hydrogens (tertiary/aromatic N) is 1. The highest BCUT2D eigenvalue weighted by Gasteiger charge is 2.48. The van der Waals surface area contributed by atoms with Gasteiger partial charge in [-0.25, -0.2) is 0 Å². The molecule has 0 N–H and O–H groups in total. The van der Waals surface area contributed by atoms with Gasteiger partial charge in [-0.3, -0.25) is 0 Å². The van der Waals surface area contributed by atoms with Crippen LogP contribution in [0.1, 0.15) is 48.0 Å². The van der Waals surface area contributed by atoms with Crippen LogP contribution in [-0.2, 0) is 4.84 Å². The standard InChI is InChI=1S/C19H41NOSi2/c1-18(2,3)22(8,9)13-15-12-17(20-21-7)16(15)14-23(10,11)19(4,5)6/h15-16H,12-14H2,1-11H3/t15-,16+/m0/s1. The predicted molar refractivity (Wildman–Crippen MR) is 110 cm³/mol. The van der Waals surface area contributed by atoms with Gasteiger partial charge in [0.25, 0.3) is 0 Å². The van der Waals surface area contributed by atoms with Crippen LogP contribution >= 0.6 is 0 Å². The Morgan fingerprint density at radius 3 is 1.74 bits per heavy atom. The van der Waals surface area contributed by atoms with Gasteiger partial charge in [0.2, 0.25) is 0 Å². The third-order valence-electron chi connectivity index (χ3n) is 7.24. The van der Waals surface area contributed by atoms with Gasteiger partial charge in [-0.05, 0) is 28.5 Å². The molecule has 0 aromatic heterocycles. The molecule has 4 heteroatoms. The minimum atomic E-state index is -1.29. The number of rotatable bonds is 5. The second kappa shape index (κ2) is 6.66. The van der Waals surface area contributed by atoms with Crippen LogP contribution in [-0.4, -0.2) is 29.0 Å². The maximum absolute atomic E-state index is 5.14. The Bertz CT molecular complexity index is 441. The summed E-state index contributed by atoms with van der Waals surface area (Å²) < 4.78 is 0. The fourth-order valence-corrected chi connectivity index (χ4v) is 7.85. The third-order valence-corrected chi connectivity index (χ3v) is 18.4. The van der Waals surface area contributed by atoms with Gasteiger partial charge in [0.05, 0.1) is 21.9 Å². The minimum absolute atomic E-state index is 0.447. The summed E-state index contributed by atoms with van der Waals surface area (Å²) in [4.78, 5) is 5.14. The second-order valence-corrected chi connectivity index (χ2v) is 22.4. The van der Waals surface area contributed by atoms with Crippen molar-refractivity contribution in [3.8, 4) is 0 Å². The molecule has 1 aliphatic carbocycles. The molecule has 1 rings (SSSR count). The Hall–Kier alpha value is -0.0962. The smallest absolute Gasteiger partial charge is 0.106 e. The van der Waals surface area contributed by atoms with Crippen LogP contribution in [0.15, 0.2) is 5.16 Å². The maximum Gasteiger partial charge on any atom is 0.106 e. The van der Waals surface area contributed by atoms with E-state index in [2.05, 4.69) is 72.9 Å². The molecule has 0 radical (unpaired) electrons. The Kier molecular flexibility index (Phi) is 6.07. The predicted octanol–water partition coefficient (Wildman–Crippen LogP) is 6.64. The van der Waals surface area contributed by atoms with Crippen LogP contribution in [0.3, 0.4) is 0 Å². The number of hydrogen-bond acceptors (Lipinski definition) is 2. The molecule has 1 fully saturated rings. The van der Waals surface area contributed by atoms with Gasteiger partial charge in [-0.15, -0.1) is 0 Å². The Balaban J connectivity index is 2.93. The number of hydrogen-bond donors (Lipinski definition) is 0. The van der Waals surface area contributed by atoms with Gasteiger partial charge < -0.3 is 4.84 Å². The van der Waals surface area contributed by atoms with Crippen LogP contribution in [0.5, 0.6) is 0 Å². The molecule has 0 amide bonds. The first-order valence-corrected chi connectivity index (χ1v) is 15.6. The largest absolute Gasteiger partial charge is 0.399 e. The van der Waals surface area contributed by atoms with E-state index in [-0.39, 0.29) is 0 Å². The van der Waals surface area contributed by atoms with E-state index < -0.39 is 16.1 Å². The topological polar surface area (TPSA) is 21.6 Å². The average Bonchev–Trinajstić information content (AvgIpc) is 2.32. The molecule has 23 heavy (non-hydrogen) atoms. The van der Waals surface area contributed by atoms with Crippen LogP contribution in [0.25, 0.3) is 0 Å². The van der Waals surface area contributed by atoms with E-state index in [1.54, 1.807) is 7.11 Å². The zero-order valence-electron chi connectivity index (χ0n) is 17.6. The Labute approximate surface area is 147 Å². The van der Waals surface area contributed by atoms with Crippen LogP contribution in [0.2, 0.25) is 48.4 Å². The van der Waals surface area contributed by atoms with E-state index >= 15 is 0 Å². The summed E-state index contributed by atoms with van der Waals surface area (Å²) in [6, 6.07) is 2.79. The molecule has 1 saturated carbocycles. The molecule has 0 aliphatic heterocycles. The molecule has 136 valence electrons. The van der Waals surface area contributed by atoms with Gasteiger partial charge in [0.15, 0.2) is 0 Å². The molecule has 1 aliphatic rings. The van der Waals surface area contributed by atoms with E-state index in [9.17, 15) is 0 Å². The maximum atomic E-state index is 5.14. The molecule has 0 unspecified atom stereocenters. The van der Waals surface area contributed by atoms with Crippen molar-refractivity contribution in [2.45, 2.75) is 96.3 Å². The van der Waals surface area contributed by atoms with Gasteiger partial charge in [-0.2, -0.15) is 0 Å². The summed E-state index contributed by atoms with van der Waals surface area (Å²) in [5.41, 5.74) is 1.33. The lowest BCUT2D eigenvalue weighted by molar-refractivity contribution is 0.201. The highest BCUT2D eigenvalue weighted by atomic mass is 28.3. The van der Waals surface area contributed by atoms with Crippen molar-refractivity contribution in [1.82, 2.24) is 0 Å². The Morgan fingerprint density at radius 1 is 0.913 bits per heavy atom. The highest BCUT2D eigenvalue weighted by molar-refractivity contribution is 6.81. The van der Waals surface area contributed by atoms with Crippen molar-refractivity contribution in [1.29, 1.82) is 0 Å². The monoisotopic (exact) mass is 355 g/mol. The van der Waals surface area contributed by atoms with Crippen LogP contribution in [0, 0.1) is 11.8 Å². The van der Waals surface area contributed by atoms with Crippen LogP contribution in [0.4, 0.5) is 0 Å². The first-order chi connectivity index (χ1) is 10.1. The molecule has 0 spiro atoms. The van der Waals surface area contributed by atoms with Crippen molar-refractivity contribution in [2.24, 2.45) is 17.0 Å². The van der Waals surface area contributed by atoms with Crippen molar-refractivity contribution in [3.63, 3.8) is 0 Å². The molecule has 0 bridgehead atoms. The molecule has 0 saturated heterocycles. The van der Waals surface area contributed by atoms with E-state index in [0.29, 0.717) is 16.0 Å². The summed E-state index contributed by atoms with van der Waals surface area (Å²) in [7, 11) is -0.834. The van der Waals surface area contributed by atoms with Crippen molar-refractivity contribution < 1.29 is 4.84 Å². The lowest BCUT2D eigenvalue weighted by atomic mass is 9.74. The summed E-state index contributed by atoms with van der Waals surface area (Å²) in [5.74, 6) is 1.50. The Morgan fingerprint density at radius 2 is 1.35 bits per heavy atom. The second-order valence-electron chi connectivity index (χ2n) is 11.0. The quantitative estimate of drug-likeness (QED) is 0.400. The molecule has 0 heterocycles. The average molecular weight is 356 g/mol. The summed E-state index contributed by atoms with van der Waals surface area (Å²) >= 11 is 0. The molecular formula is C19H41NOSi2. The van der Waals surface area contributed by atoms with Crippen molar-refractivity contribution >= 4 is 21.9 Å². The molecule has 0 aromatic carbocycles. The number of oxime groups is 1. The lowest BCUT2D eigenvalue weighted by Crippen LogP contribution is -2.50. The SMILES string of the molecule is CON=C1C[C@@H](C[Si](C)(C)C(C)(C)C)[C@H]1C[Si](C)(C)C(C)(C)C. The van der Waals surface area contributed by atoms with Crippen LogP contribution < -0.4 is 0 Å². The summed E-state index contributed by atoms with van der Waals surface area (Å²) in [6.45, 7) is 24.8. The van der Waals surface area contributed by atoms with Crippen molar-refractivity contribution in [3.05, 3.63) is 0 Å². The zero-order chi connectivity index (χ0) is 18.3. The van der Waals surface area contributed by atoms with E-state index in [1.807, 2.05) is 0 Å². The minimum Gasteiger partial charge on any atom is -0.399 e. The van der Waals surface area contributed by atoms with E-state index in [0.717, 1.165) is 5.92 Å². The van der Waals surface area contributed by atoms with E-state index in [4.69, 9.17) is 4.84 Å². The molecular weight excluding hydrogens is 314 g/mol. The fraction of sp³-hybridized carbons (Fsp3) is 0.947. The van der Waals surface area contributed by atoms with E-state index in [1.165, 1.54) is 24.2 Å². The highest BCUT2D eigenvalue weighted by Crippen LogP contribution is 2.51. The van der Waals surface area contributed by atoms with Gasteiger partial charge in [0.1, 0.15) is 7.11 Å². The zero-order valence-corrected chi connectivity index (χ0v) is 19.6. The van der Waals surface area contributed by atoms with Gasteiger partial charge >= 0.3 is 0 Å². The summed E-state index contributed by atoms with van der Waals surface area (Å²) in [5, 5.41) is 5.30. The molecule has 2 atom stereocenters. The summed E-state index contributed by atoms with van der Waals surface area (Å²) in [6.07, 6.45) is 1.17. The lowest BCUT2D eigenvalue weighted by Gasteiger charge is -2.49. The first-order valence-electron chi connectivity index (χ1n) is 9.22. The van der Waals surface area contributed by atoms with Gasteiger partial charge in [0, 0.05) is 5.92 Å².